The van der Waals surface area contributed by atoms with Crippen LogP contribution in [0.1, 0.15) is 16.7 Å². The van der Waals surface area contributed by atoms with Gasteiger partial charge in [0.15, 0.2) is 0 Å². The Morgan fingerprint density at radius 3 is 2.39 bits per heavy atom. The molecular formula is C24H24N2O2. The van der Waals surface area contributed by atoms with Crippen LogP contribution in [-0.4, -0.2) is 19.2 Å². The summed E-state index contributed by atoms with van der Waals surface area (Å²) in [7, 11) is 0. The molecule has 1 aliphatic rings. The molecule has 1 N–H and O–H groups in total. The largest absolute Gasteiger partial charge is 0.449 e. The number of hydrogen-bond acceptors (Lipinski definition) is 3. The Morgan fingerprint density at radius 1 is 0.929 bits per heavy atom. The molecule has 0 fully saturated rings. The van der Waals surface area contributed by atoms with Gasteiger partial charge in [-0.2, -0.15) is 0 Å². The molecule has 0 saturated carbocycles. The molecule has 3 aromatic carbocycles. The van der Waals surface area contributed by atoms with Crippen molar-refractivity contribution in [2.75, 3.05) is 23.4 Å². The van der Waals surface area contributed by atoms with Crippen molar-refractivity contribution in [1.29, 1.82) is 0 Å². The lowest BCUT2D eigenvalue weighted by molar-refractivity contribution is 0.163. The molecule has 142 valence electrons. The van der Waals surface area contributed by atoms with E-state index in [0.717, 1.165) is 30.8 Å². The van der Waals surface area contributed by atoms with Gasteiger partial charge >= 0.3 is 6.09 Å². The standard InChI is InChI=1S/C24H24N2O2/c27-24(28-16-14-19-7-3-1-4-8-19)25-22-11-12-23-21(17-22)13-15-26(23)18-20-9-5-2-6-10-20/h1-12,17H,13-16,18H2,(H,25,27). The lowest BCUT2D eigenvalue weighted by atomic mass is 10.1. The average molecular weight is 372 g/mol. The smallest absolute Gasteiger partial charge is 0.411 e. The highest BCUT2D eigenvalue weighted by molar-refractivity contribution is 5.85. The first kappa shape index (κ1) is 18.1. The molecule has 3 aromatic rings. The highest BCUT2D eigenvalue weighted by Crippen LogP contribution is 2.31. The van der Waals surface area contributed by atoms with Gasteiger partial charge in [0.1, 0.15) is 0 Å². The molecule has 0 aromatic heterocycles. The number of carbonyl (C=O) groups is 1. The summed E-state index contributed by atoms with van der Waals surface area (Å²) in [5, 5.41) is 2.84. The molecule has 4 rings (SSSR count). The summed E-state index contributed by atoms with van der Waals surface area (Å²) in [5.41, 5.74) is 5.75. The molecule has 28 heavy (non-hydrogen) atoms. The van der Waals surface area contributed by atoms with Crippen molar-refractivity contribution in [2.45, 2.75) is 19.4 Å². The minimum Gasteiger partial charge on any atom is -0.449 e. The van der Waals surface area contributed by atoms with E-state index in [0.29, 0.717) is 13.0 Å². The van der Waals surface area contributed by atoms with E-state index in [1.165, 1.54) is 16.8 Å². The highest BCUT2D eigenvalue weighted by atomic mass is 16.5. The first-order chi connectivity index (χ1) is 13.8. The fraction of sp³-hybridized carbons (Fsp3) is 0.208. The van der Waals surface area contributed by atoms with Crippen molar-refractivity contribution in [3.05, 3.63) is 95.6 Å². The van der Waals surface area contributed by atoms with Crippen molar-refractivity contribution in [1.82, 2.24) is 0 Å². The van der Waals surface area contributed by atoms with Crippen LogP contribution in [0.3, 0.4) is 0 Å². The monoisotopic (exact) mass is 372 g/mol. The normalized spacial score (nSPS) is 12.5. The minimum absolute atomic E-state index is 0.367. The third-order valence-electron chi connectivity index (χ3n) is 5.00. The van der Waals surface area contributed by atoms with Crippen LogP contribution in [-0.2, 0) is 24.1 Å². The van der Waals surface area contributed by atoms with E-state index < -0.39 is 6.09 Å². The predicted molar refractivity (Wildman–Crippen MR) is 113 cm³/mol. The van der Waals surface area contributed by atoms with Crippen LogP contribution in [0.4, 0.5) is 16.2 Å². The van der Waals surface area contributed by atoms with Crippen LogP contribution >= 0.6 is 0 Å². The van der Waals surface area contributed by atoms with Gasteiger partial charge in [-0.1, -0.05) is 60.7 Å². The zero-order valence-electron chi connectivity index (χ0n) is 15.8. The zero-order chi connectivity index (χ0) is 19.2. The second-order valence-corrected chi connectivity index (χ2v) is 7.00. The maximum Gasteiger partial charge on any atom is 0.411 e. The van der Waals surface area contributed by atoms with Gasteiger partial charge < -0.3 is 9.64 Å². The van der Waals surface area contributed by atoms with Gasteiger partial charge in [-0.3, -0.25) is 5.32 Å². The Bertz CT molecular complexity index is 926. The third-order valence-corrected chi connectivity index (χ3v) is 5.00. The molecule has 1 amide bonds. The summed E-state index contributed by atoms with van der Waals surface area (Å²) < 4.78 is 5.31. The van der Waals surface area contributed by atoms with E-state index in [-0.39, 0.29) is 0 Å². The fourth-order valence-electron chi connectivity index (χ4n) is 3.58. The average Bonchev–Trinajstić information content (AvgIpc) is 3.11. The molecule has 0 bridgehead atoms. The lowest BCUT2D eigenvalue weighted by Gasteiger charge is -2.19. The van der Waals surface area contributed by atoms with Crippen molar-refractivity contribution in [3.8, 4) is 0 Å². The maximum atomic E-state index is 12.1. The molecule has 4 nitrogen and oxygen atoms in total. The number of fused-ring (bicyclic) bond motifs is 1. The van der Waals surface area contributed by atoms with Gasteiger partial charge in [0.05, 0.1) is 6.61 Å². The highest BCUT2D eigenvalue weighted by Gasteiger charge is 2.19. The number of anilines is 2. The van der Waals surface area contributed by atoms with E-state index in [4.69, 9.17) is 4.74 Å². The molecule has 0 unspecified atom stereocenters. The Hall–Kier alpha value is -3.27. The van der Waals surface area contributed by atoms with Crippen molar-refractivity contribution in [2.24, 2.45) is 0 Å². The first-order valence-electron chi connectivity index (χ1n) is 9.67. The molecule has 0 spiro atoms. The van der Waals surface area contributed by atoms with Crippen LogP contribution in [0.5, 0.6) is 0 Å². The van der Waals surface area contributed by atoms with E-state index in [9.17, 15) is 4.79 Å². The Labute approximate surface area is 165 Å². The van der Waals surface area contributed by atoms with E-state index in [1.807, 2.05) is 42.5 Å². The van der Waals surface area contributed by atoms with Crippen LogP contribution in [0.2, 0.25) is 0 Å². The molecule has 0 saturated heterocycles. The fourth-order valence-corrected chi connectivity index (χ4v) is 3.58. The maximum absolute atomic E-state index is 12.1. The van der Waals surface area contributed by atoms with Crippen molar-refractivity contribution in [3.63, 3.8) is 0 Å². The molecule has 1 aliphatic heterocycles. The van der Waals surface area contributed by atoms with Gasteiger partial charge in [-0.05, 0) is 41.3 Å². The van der Waals surface area contributed by atoms with Gasteiger partial charge in [-0.25, -0.2) is 4.79 Å². The summed E-state index contributed by atoms with van der Waals surface area (Å²) in [4.78, 5) is 14.4. The third kappa shape index (κ3) is 4.52. The van der Waals surface area contributed by atoms with Gasteiger partial charge in [0, 0.05) is 30.9 Å². The number of nitrogens with zero attached hydrogens (tertiary/aromatic N) is 1. The van der Waals surface area contributed by atoms with Crippen molar-refractivity contribution >= 4 is 17.5 Å². The SMILES string of the molecule is O=C(Nc1ccc2c(c1)CCN2Cc1ccccc1)OCCc1ccccc1. The Morgan fingerprint density at radius 2 is 1.64 bits per heavy atom. The summed E-state index contributed by atoms with van der Waals surface area (Å²) >= 11 is 0. The lowest BCUT2D eigenvalue weighted by Crippen LogP contribution is -2.19. The number of carbonyl (C=O) groups excluding carboxylic acids is 1. The quantitative estimate of drug-likeness (QED) is 0.659. The second-order valence-electron chi connectivity index (χ2n) is 7.00. The summed E-state index contributed by atoms with van der Waals surface area (Å²) in [6, 6.07) is 26.6. The van der Waals surface area contributed by atoms with Gasteiger partial charge in [0.25, 0.3) is 0 Å². The molecule has 4 heteroatoms. The van der Waals surface area contributed by atoms with Gasteiger partial charge in [-0.15, -0.1) is 0 Å². The van der Waals surface area contributed by atoms with Crippen LogP contribution in [0.15, 0.2) is 78.9 Å². The van der Waals surface area contributed by atoms with E-state index in [2.05, 4.69) is 46.6 Å². The number of benzene rings is 3. The molecule has 0 radical (unpaired) electrons. The van der Waals surface area contributed by atoms with Crippen LogP contribution in [0.25, 0.3) is 0 Å². The molecule has 0 atom stereocenters. The Kier molecular flexibility index (Phi) is 5.57. The Balaban J connectivity index is 1.31. The minimum atomic E-state index is -0.407. The van der Waals surface area contributed by atoms with E-state index in [1.54, 1.807) is 0 Å². The second kappa shape index (κ2) is 8.61. The summed E-state index contributed by atoms with van der Waals surface area (Å²) in [5.74, 6) is 0. The topological polar surface area (TPSA) is 41.6 Å². The van der Waals surface area contributed by atoms with Crippen LogP contribution < -0.4 is 10.2 Å². The number of ether oxygens (including phenoxy) is 1. The summed E-state index contributed by atoms with van der Waals surface area (Å²) in [6.45, 7) is 2.27. The summed E-state index contributed by atoms with van der Waals surface area (Å²) in [6.07, 6.45) is 1.29. The number of nitrogens with one attached hydrogen (secondary N) is 1. The van der Waals surface area contributed by atoms with Crippen LogP contribution in [0, 0.1) is 0 Å². The molecule has 1 heterocycles. The predicted octanol–water partition coefficient (Wildman–Crippen LogP) is 5.04. The zero-order valence-corrected chi connectivity index (χ0v) is 15.8. The number of amides is 1. The van der Waals surface area contributed by atoms with E-state index >= 15 is 0 Å². The number of hydrogen-bond donors (Lipinski definition) is 1. The molecular weight excluding hydrogens is 348 g/mol. The number of rotatable bonds is 6. The van der Waals surface area contributed by atoms with Gasteiger partial charge in [0.2, 0.25) is 0 Å². The van der Waals surface area contributed by atoms with Crippen molar-refractivity contribution < 1.29 is 9.53 Å². The first-order valence-corrected chi connectivity index (χ1v) is 9.67. The molecule has 0 aliphatic carbocycles.